The van der Waals surface area contributed by atoms with Crippen molar-refractivity contribution in [1.29, 1.82) is 0 Å². The highest BCUT2D eigenvalue weighted by molar-refractivity contribution is 7.86. The fourth-order valence-electron chi connectivity index (χ4n) is 4.61. The number of aliphatic hydroxyl groups is 1. The highest BCUT2D eigenvalue weighted by atomic mass is 32.2. The van der Waals surface area contributed by atoms with Gasteiger partial charge in [0.1, 0.15) is 17.7 Å². The van der Waals surface area contributed by atoms with Gasteiger partial charge in [0.15, 0.2) is 0 Å². The Labute approximate surface area is 219 Å². The van der Waals surface area contributed by atoms with E-state index in [4.69, 9.17) is 4.18 Å². The van der Waals surface area contributed by atoms with E-state index >= 15 is 0 Å². The van der Waals surface area contributed by atoms with Crippen LogP contribution in [0.15, 0.2) is 108 Å². The van der Waals surface area contributed by atoms with Crippen LogP contribution in [-0.4, -0.2) is 30.8 Å². The summed E-state index contributed by atoms with van der Waals surface area (Å²) >= 11 is 0. The largest absolute Gasteiger partial charge is 0.388 e. The van der Waals surface area contributed by atoms with E-state index in [1.165, 1.54) is 36.4 Å². The van der Waals surface area contributed by atoms with E-state index in [1.807, 2.05) is 25.1 Å². The quantitative estimate of drug-likeness (QED) is 0.240. The first-order chi connectivity index (χ1) is 18.2. The fraction of sp³-hybridized carbons (Fsp3) is 0.133. The van der Waals surface area contributed by atoms with Crippen molar-refractivity contribution < 1.29 is 26.5 Å². The van der Waals surface area contributed by atoms with Crippen LogP contribution in [0.4, 0.5) is 8.78 Å². The average Bonchev–Trinajstić information content (AvgIpc) is 3.27. The third-order valence-electron chi connectivity index (χ3n) is 6.46. The van der Waals surface area contributed by atoms with Crippen LogP contribution in [0.3, 0.4) is 0 Å². The van der Waals surface area contributed by atoms with Crippen molar-refractivity contribution in [2.75, 3.05) is 6.61 Å². The molecular weight excluding hydrogens is 508 g/mol. The predicted molar refractivity (Wildman–Crippen MR) is 142 cm³/mol. The molecule has 0 aliphatic rings. The van der Waals surface area contributed by atoms with Crippen LogP contribution < -0.4 is 0 Å². The Morgan fingerprint density at radius 2 is 1.58 bits per heavy atom. The molecule has 0 saturated carbocycles. The van der Waals surface area contributed by atoms with Gasteiger partial charge in [0.05, 0.1) is 17.5 Å². The normalized spacial score (nSPS) is 13.5. The lowest BCUT2D eigenvalue weighted by molar-refractivity contribution is 0.0784. The molecule has 0 aliphatic carbocycles. The van der Waals surface area contributed by atoms with Gasteiger partial charge in [0, 0.05) is 28.2 Å². The summed E-state index contributed by atoms with van der Waals surface area (Å²) < 4.78 is 61.6. The van der Waals surface area contributed by atoms with Crippen molar-refractivity contribution in [1.82, 2.24) is 4.57 Å². The van der Waals surface area contributed by atoms with Crippen LogP contribution in [0.2, 0.25) is 0 Å². The number of aryl methyl sites for hydroxylation is 1. The summed E-state index contributed by atoms with van der Waals surface area (Å²) in [5, 5.41) is 12.1. The summed E-state index contributed by atoms with van der Waals surface area (Å²) in [5.74, 6) is -0.926. The molecule has 0 radical (unpaired) electrons. The molecule has 1 heterocycles. The lowest BCUT2D eigenvalue weighted by Gasteiger charge is -2.26. The molecule has 1 N–H and O–H groups in total. The summed E-state index contributed by atoms with van der Waals surface area (Å²) in [6.45, 7) is 1.25. The summed E-state index contributed by atoms with van der Waals surface area (Å²) in [7, 11) is -4.16. The summed E-state index contributed by atoms with van der Waals surface area (Å²) in [5.41, 5.74) is 2.89. The number of fused-ring (bicyclic) bond motifs is 1. The van der Waals surface area contributed by atoms with Gasteiger partial charge < -0.3 is 9.67 Å². The SMILES string of the molecule is Cc1ccc(S(=O)(=O)OCC(O)C(c2cccc(F)c2)n2cc(-c3ccccc3F)c3ccccc32)cc1. The molecule has 8 heteroatoms. The minimum Gasteiger partial charge on any atom is -0.388 e. The molecule has 2 atom stereocenters. The summed E-state index contributed by atoms with van der Waals surface area (Å²) in [6.07, 6.45) is 0.289. The standard InChI is InChI=1S/C30H25F2NO4S/c1-20-13-15-23(16-14-20)38(35,36)37-19-29(34)30(21-7-6-8-22(31)17-21)33-18-26(24-9-2-4-11-27(24)32)25-10-3-5-12-28(25)33/h2-18,29-30,34H,19H2,1H3. The molecule has 0 amide bonds. The Morgan fingerprint density at radius 1 is 0.868 bits per heavy atom. The molecule has 2 unspecified atom stereocenters. The number of rotatable bonds is 8. The zero-order valence-corrected chi connectivity index (χ0v) is 21.3. The Balaban J connectivity index is 1.58. The smallest absolute Gasteiger partial charge is 0.297 e. The lowest BCUT2D eigenvalue weighted by Crippen LogP contribution is -2.30. The second-order valence-corrected chi connectivity index (χ2v) is 10.7. The highest BCUT2D eigenvalue weighted by Gasteiger charge is 2.29. The first kappa shape index (κ1) is 25.8. The second-order valence-electron chi connectivity index (χ2n) is 9.07. The summed E-state index contributed by atoms with van der Waals surface area (Å²) in [6, 6.07) is 24.6. The van der Waals surface area contributed by atoms with Crippen molar-refractivity contribution in [3.05, 3.63) is 126 Å². The first-order valence-corrected chi connectivity index (χ1v) is 13.4. The molecule has 38 heavy (non-hydrogen) atoms. The number of nitrogens with zero attached hydrogens (tertiary/aromatic N) is 1. The van der Waals surface area contributed by atoms with E-state index in [-0.39, 0.29) is 4.90 Å². The third kappa shape index (κ3) is 5.11. The molecule has 0 saturated heterocycles. The first-order valence-electron chi connectivity index (χ1n) is 12.0. The topological polar surface area (TPSA) is 68.5 Å². The molecule has 5 aromatic rings. The van der Waals surface area contributed by atoms with Gasteiger partial charge in [-0.25, -0.2) is 8.78 Å². The van der Waals surface area contributed by atoms with Crippen LogP contribution in [0.1, 0.15) is 17.2 Å². The van der Waals surface area contributed by atoms with Crippen LogP contribution in [0, 0.1) is 18.6 Å². The molecular formula is C30H25F2NO4S. The van der Waals surface area contributed by atoms with E-state index < -0.39 is 40.5 Å². The number of para-hydroxylation sites is 1. The number of hydrogen-bond donors (Lipinski definition) is 1. The molecule has 5 rings (SSSR count). The van der Waals surface area contributed by atoms with Gasteiger partial charge >= 0.3 is 0 Å². The maximum absolute atomic E-state index is 14.8. The average molecular weight is 534 g/mol. The lowest BCUT2D eigenvalue weighted by atomic mass is 10.0. The molecule has 194 valence electrons. The van der Waals surface area contributed by atoms with Gasteiger partial charge in [-0.05, 0) is 48.9 Å². The van der Waals surface area contributed by atoms with E-state index in [9.17, 15) is 22.3 Å². The predicted octanol–water partition coefficient (Wildman–Crippen LogP) is 6.25. The minimum absolute atomic E-state index is 0.0362. The minimum atomic E-state index is -4.16. The van der Waals surface area contributed by atoms with Gasteiger partial charge in [0.2, 0.25) is 0 Å². The Morgan fingerprint density at radius 3 is 2.32 bits per heavy atom. The molecule has 0 bridgehead atoms. The molecule has 0 spiro atoms. The fourth-order valence-corrected chi connectivity index (χ4v) is 5.54. The molecule has 0 fully saturated rings. The molecule has 0 aliphatic heterocycles. The number of aliphatic hydroxyl groups excluding tert-OH is 1. The van der Waals surface area contributed by atoms with E-state index in [0.717, 1.165) is 10.9 Å². The van der Waals surface area contributed by atoms with Crippen LogP contribution in [0.25, 0.3) is 22.0 Å². The van der Waals surface area contributed by atoms with Gasteiger partial charge in [-0.1, -0.05) is 66.2 Å². The number of hydrogen-bond acceptors (Lipinski definition) is 4. The molecule has 1 aromatic heterocycles. The van der Waals surface area contributed by atoms with Gasteiger partial charge in [-0.3, -0.25) is 4.18 Å². The monoisotopic (exact) mass is 533 g/mol. The maximum Gasteiger partial charge on any atom is 0.297 e. The van der Waals surface area contributed by atoms with Crippen molar-refractivity contribution in [3.8, 4) is 11.1 Å². The van der Waals surface area contributed by atoms with E-state index in [2.05, 4.69) is 0 Å². The zero-order chi connectivity index (χ0) is 26.9. The van der Waals surface area contributed by atoms with E-state index in [1.54, 1.807) is 53.2 Å². The van der Waals surface area contributed by atoms with Gasteiger partial charge in [0.25, 0.3) is 10.1 Å². The molecule has 4 aromatic carbocycles. The highest BCUT2D eigenvalue weighted by Crippen LogP contribution is 2.37. The number of halogens is 2. The zero-order valence-electron chi connectivity index (χ0n) is 20.5. The van der Waals surface area contributed by atoms with E-state index in [0.29, 0.717) is 22.2 Å². The Bertz CT molecular complexity index is 1700. The maximum atomic E-state index is 14.8. The van der Waals surface area contributed by atoms with Crippen molar-refractivity contribution in [2.24, 2.45) is 0 Å². The Kier molecular flexibility index (Phi) is 7.12. The van der Waals surface area contributed by atoms with Crippen LogP contribution in [-0.2, 0) is 14.3 Å². The summed E-state index contributed by atoms with van der Waals surface area (Å²) in [4.78, 5) is -0.0362. The Hall–Kier alpha value is -3.85. The second kappa shape index (κ2) is 10.5. The number of benzene rings is 4. The van der Waals surface area contributed by atoms with Crippen molar-refractivity contribution in [3.63, 3.8) is 0 Å². The van der Waals surface area contributed by atoms with Crippen molar-refractivity contribution in [2.45, 2.75) is 24.0 Å². The van der Waals surface area contributed by atoms with Gasteiger partial charge in [-0.15, -0.1) is 0 Å². The van der Waals surface area contributed by atoms with Crippen LogP contribution >= 0.6 is 0 Å². The third-order valence-corrected chi connectivity index (χ3v) is 7.76. The van der Waals surface area contributed by atoms with Gasteiger partial charge in [-0.2, -0.15) is 8.42 Å². The van der Waals surface area contributed by atoms with Crippen molar-refractivity contribution >= 4 is 21.0 Å². The molecule has 5 nitrogen and oxygen atoms in total. The van der Waals surface area contributed by atoms with Crippen LogP contribution in [0.5, 0.6) is 0 Å². The number of aromatic nitrogens is 1.